The third-order valence-corrected chi connectivity index (χ3v) is 4.20. The maximum atomic E-state index is 8.69. The van der Waals surface area contributed by atoms with E-state index in [2.05, 4.69) is 24.3 Å². The number of rotatable bonds is 9. The number of hydrogen-bond acceptors (Lipinski definition) is 3. The molecule has 0 saturated heterocycles. The van der Waals surface area contributed by atoms with E-state index in [0.29, 0.717) is 12.1 Å². The van der Waals surface area contributed by atoms with Gasteiger partial charge in [0.25, 0.3) is 0 Å². The monoisotopic (exact) mass is 242 g/mol. The lowest BCUT2D eigenvalue weighted by atomic mass is 9.96. The lowest BCUT2D eigenvalue weighted by Crippen LogP contribution is -2.49. The molecule has 0 aliphatic heterocycles. The molecule has 0 atom stereocenters. The molecule has 0 spiro atoms. The number of hydrogen-bond donors (Lipinski definition) is 2. The standard InChI is InChI=1S/C14H30N2O/c1-16(2)14(9-5-6-10-14)13-15-11-7-3-4-8-12-17/h15,17H,3-13H2,1-2H3. The third-order valence-electron chi connectivity index (χ3n) is 4.20. The highest BCUT2D eigenvalue weighted by Crippen LogP contribution is 2.32. The Bertz CT molecular complexity index is 189. The molecule has 3 nitrogen and oxygen atoms in total. The summed E-state index contributed by atoms with van der Waals surface area (Å²) in [5, 5.41) is 12.3. The number of likely N-dealkylation sites (N-methyl/N-ethyl adjacent to an activating group) is 1. The fraction of sp³-hybridized carbons (Fsp3) is 1.00. The number of aliphatic hydroxyl groups is 1. The van der Waals surface area contributed by atoms with Gasteiger partial charge in [0.1, 0.15) is 0 Å². The van der Waals surface area contributed by atoms with Gasteiger partial charge in [0.05, 0.1) is 0 Å². The van der Waals surface area contributed by atoms with Gasteiger partial charge in [-0.2, -0.15) is 0 Å². The zero-order valence-corrected chi connectivity index (χ0v) is 11.7. The third kappa shape index (κ3) is 4.94. The molecule has 0 aromatic carbocycles. The molecule has 0 amide bonds. The second kappa shape index (κ2) is 8.06. The summed E-state index contributed by atoms with van der Waals surface area (Å²) in [7, 11) is 4.43. The molecule has 1 saturated carbocycles. The summed E-state index contributed by atoms with van der Waals surface area (Å²) >= 11 is 0. The molecular formula is C14H30N2O. The van der Waals surface area contributed by atoms with Crippen molar-refractivity contribution in [3.05, 3.63) is 0 Å². The smallest absolute Gasteiger partial charge is 0.0431 e. The number of nitrogens with zero attached hydrogens (tertiary/aromatic N) is 1. The van der Waals surface area contributed by atoms with Crippen molar-refractivity contribution in [2.75, 3.05) is 33.8 Å². The highest BCUT2D eigenvalue weighted by atomic mass is 16.2. The molecule has 102 valence electrons. The van der Waals surface area contributed by atoms with Gasteiger partial charge in [0.2, 0.25) is 0 Å². The molecule has 1 rings (SSSR count). The Kier molecular flexibility index (Phi) is 7.09. The molecule has 0 radical (unpaired) electrons. The van der Waals surface area contributed by atoms with Crippen LogP contribution in [-0.2, 0) is 0 Å². The largest absolute Gasteiger partial charge is 0.396 e. The van der Waals surface area contributed by atoms with Crippen LogP contribution in [0.5, 0.6) is 0 Å². The topological polar surface area (TPSA) is 35.5 Å². The van der Waals surface area contributed by atoms with E-state index in [4.69, 9.17) is 5.11 Å². The first-order valence-electron chi connectivity index (χ1n) is 7.20. The molecule has 3 heteroatoms. The Morgan fingerprint density at radius 2 is 1.71 bits per heavy atom. The highest BCUT2D eigenvalue weighted by molar-refractivity contribution is 4.94. The van der Waals surface area contributed by atoms with E-state index < -0.39 is 0 Å². The van der Waals surface area contributed by atoms with Crippen molar-refractivity contribution in [3.8, 4) is 0 Å². The van der Waals surface area contributed by atoms with Gasteiger partial charge in [-0.15, -0.1) is 0 Å². The van der Waals surface area contributed by atoms with E-state index in [1.165, 1.54) is 38.5 Å². The zero-order chi connectivity index (χ0) is 12.6. The summed E-state index contributed by atoms with van der Waals surface area (Å²) in [6.45, 7) is 2.61. The minimum atomic E-state index is 0.344. The molecule has 1 fully saturated rings. The van der Waals surface area contributed by atoms with Crippen LogP contribution in [-0.4, -0.2) is 49.3 Å². The normalized spacial score (nSPS) is 19.1. The summed E-state index contributed by atoms with van der Waals surface area (Å²) in [5.41, 5.74) is 0.422. The molecule has 17 heavy (non-hydrogen) atoms. The average molecular weight is 242 g/mol. The first-order valence-corrected chi connectivity index (χ1v) is 7.20. The SMILES string of the molecule is CN(C)C1(CNCCCCCCO)CCCC1. The Hall–Kier alpha value is -0.120. The van der Waals surface area contributed by atoms with Crippen molar-refractivity contribution in [1.29, 1.82) is 0 Å². The molecular weight excluding hydrogens is 212 g/mol. The molecule has 1 aliphatic carbocycles. The fourth-order valence-corrected chi connectivity index (χ4v) is 2.85. The first-order chi connectivity index (χ1) is 8.21. The summed E-state index contributed by atoms with van der Waals surface area (Å²) in [5.74, 6) is 0. The molecule has 0 aromatic heterocycles. The summed E-state index contributed by atoms with van der Waals surface area (Å²) in [4.78, 5) is 2.42. The Balaban J connectivity index is 2.08. The maximum absolute atomic E-state index is 8.69. The van der Waals surface area contributed by atoms with Crippen molar-refractivity contribution in [3.63, 3.8) is 0 Å². The van der Waals surface area contributed by atoms with Crippen LogP contribution in [0.1, 0.15) is 51.4 Å². The fourth-order valence-electron chi connectivity index (χ4n) is 2.85. The summed E-state index contributed by atoms with van der Waals surface area (Å²) < 4.78 is 0. The van der Waals surface area contributed by atoms with Crippen LogP contribution in [0.2, 0.25) is 0 Å². The highest BCUT2D eigenvalue weighted by Gasteiger charge is 2.35. The Labute approximate surface area is 107 Å². The van der Waals surface area contributed by atoms with Gasteiger partial charge < -0.3 is 15.3 Å². The van der Waals surface area contributed by atoms with E-state index >= 15 is 0 Å². The minimum absolute atomic E-state index is 0.344. The van der Waals surface area contributed by atoms with Crippen LogP contribution in [0.25, 0.3) is 0 Å². The Morgan fingerprint density at radius 3 is 2.29 bits per heavy atom. The second-order valence-electron chi connectivity index (χ2n) is 5.64. The van der Waals surface area contributed by atoms with Gasteiger partial charge in [-0.05, 0) is 46.3 Å². The van der Waals surface area contributed by atoms with E-state index in [-0.39, 0.29) is 0 Å². The zero-order valence-electron chi connectivity index (χ0n) is 11.7. The van der Waals surface area contributed by atoms with Crippen LogP contribution in [0.3, 0.4) is 0 Å². The molecule has 0 aromatic rings. The van der Waals surface area contributed by atoms with Crippen molar-refractivity contribution >= 4 is 0 Å². The van der Waals surface area contributed by atoms with E-state index in [1.807, 2.05) is 0 Å². The van der Waals surface area contributed by atoms with Crippen molar-refractivity contribution in [2.24, 2.45) is 0 Å². The van der Waals surface area contributed by atoms with Gasteiger partial charge in [0.15, 0.2) is 0 Å². The molecule has 0 heterocycles. The van der Waals surface area contributed by atoms with Crippen LogP contribution in [0.4, 0.5) is 0 Å². The number of unbranched alkanes of at least 4 members (excludes halogenated alkanes) is 3. The van der Waals surface area contributed by atoms with Crippen molar-refractivity contribution in [2.45, 2.75) is 56.9 Å². The van der Waals surface area contributed by atoms with Gasteiger partial charge in [-0.25, -0.2) is 0 Å². The van der Waals surface area contributed by atoms with Crippen LogP contribution in [0, 0.1) is 0 Å². The van der Waals surface area contributed by atoms with Crippen LogP contribution >= 0.6 is 0 Å². The minimum Gasteiger partial charge on any atom is -0.396 e. The molecule has 2 N–H and O–H groups in total. The van der Waals surface area contributed by atoms with Gasteiger partial charge in [-0.1, -0.05) is 25.7 Å². The van der Waals surface area contributed by atoms with Gasteiger partial charge >= 0.3 is 0 Å². The average Bonchev–Trinajstić information content (AvgIpc) is 2.78. The van der Waals surface area contributed by atoms with Crippen LogP contribution < -0.4 is 5.32 Å². The molecule has 0 unspecified atom stereocenters. The predicted octanol–water partition coefficient (Wildman–Crippen LogP) is 2.00. The number of nitrogens with one attached hydrogen (secondary N) is 1. The quantitative estimate of drug-likeness (QED) is 0.607. The Morgan fingerprint density at radius 1 is 1.06 bits per heavy atom. The van der Waals surface area contributed by atoms with E-state index in [0.717, 1.165) is 25.9 Å². The van der Waals surface area contributed by atoms with Crippen molar-refractivity contribution in [1.82, 2.24) is 10.2 Å². The number of aliphatic hydroxyl groups excluding tert-OH is 1. The van der Waals surface area contributed by atoms with Gasteiger partial charge in [0, 0.05) is 18.7 Å². The first kappa shape index (κ1) is 14.9. The lowest BCUT2D eigenvalue weighted by molar-refractivity contribution is 0.154. The van der Waals surface area contributed by atoms with Gasteiger partial charge in [-0.3, -0.25) is 0 Å². The van der Waals surface area contributed by atoms with Crippen LogP contribution in [0.15, 0.2) is 0 Å². The lowest BCUT2D eigenvalue weighted by Gasteiger charge is -2.36. The molecule has 1 aliphatic rings. The van der Waals surface area contributed by atoms with E-state index in [1.54, 1.807) is 0 Å². The summed E-state index contributed by atoms with van der Waals surface area (Å²) in [6.07, 6.45) is 10.1. The van der Waals surface area contributed by atoms with E-state index in [9.17, 15) is 0 Å². The maximum Gasteiger partial charge on any atom is 0.0431 e. The second-order valence-corrected chi connectivity index (χ2v) is 5.64. The summed E-state index contributed by atoms with van der Waals surface area (Å²) in [6, 6.07) is 0. The van der Waals surface area contributed by atoms with Crippen molar-refractivity contribution < 1.29 is 5.11 Å². The predicted molar refractivity (Wildman–Crippen MR) is 73.3 cm³/mol. The molecule has 0 bridgehead atoms.